The minimum absolute atomic E-state index is 0.0832. The molecule has 0 saturated carbocycles. The molecule has 1 aromatic heterocycles. The van der Waals surface area contributed by atoms with Crippen LogP contribution in [0.15, 0.2) is 58.9 Å². The summed E-state index contributed by atoms with van der Waals surface area (Å²) in [5, 5.41) is 19.9. The van der Waals surface area contributed by atoms with Gasteiger partial charge in [0.05, 0.1) is 33.7 Å². The van der Waals surface area contributed by atoms with E-state index in [9.17, 15) is 15.3 Å². The fraction of sp³-hybridized carbons (Fsp3) is 0.0455. The van der Waals surface area contributed by atoms with Gasteiger partial charge in [0.15, 0.2) is 0 Å². The normalized spacial score (nSPS) is 16.2. The molecule has 2 N–H and O–H groups in total. The SMILES string of the molecule is N#CC1=C(N)n2c(s/c(=C\c3ccccc3I)c2=O)=C(C#N)C1c1ccccc1I. The van der Waals surface area contributed by atoms with Gasteiger partial charge in [0.2, 0.25) is 0 Å². The molecular weight excluding hydrogens is 622 g/mol. The molecule has 0 fully saturated rings. The minimum Gasteiger partial charge on any atom is -0.384 e. The molecule has 3 aromatic rings. The lowest BCUT2D eigenvalue weighted by Crippen LogP contribution is -2.38. The number of benzene rings is 2. The highest BCUT2D eigenvalue weighted by molar-refractivity contribution is 14.1. The number of fused-ring (bicyclic) bond motifs is 1. The fourth-order valence-corrected chi connectivity index (χ4v) is 5.77. The Labute approximate surface area is 203 Å². The first kappa shape index (κ1) is 20.8. The molecule has 4 rings (SSSR count). The standard InChI is InChI=1S/C22H12I2N4OS/c23-16-7-3-1-5-12(16)9-18-21(29)28-20(27)14(10-25)19(15(11-26)22(28)30-18)13-6-2-4-8-17(13)24/h1-9,19H,27H2/b18-9-. The summed E-state index contributed by atoms with van der Waals surface area (Å²) in [7, 11) is 0. The predicted molar refractivity (Wildman–Crippen MR) is 134 cm³/mol. The Morgan fingerprint density at radius 2 is 1.63 bits per heavy atom. The lowest BCUT2D eigenvalue weighted by molar-refractivity contribution is 0.904. The van der Waals surface area contributed by atoms with Crippen molar-refractivity contribution in [2.24, 2.45) is 5.73 Å². The van der Waals surface area contributed by atoms with E-state index >= 15 is 0 Å². The summed E-state index contributed by atoms with van der Waals surface area (Å²) in [6.45, 7) is 0. The zero-order valence-electron chi connectivity index (χ0n) is 15.3. The lowest BCUT2D eigenvalue weighted by atomic mass is 9.84. The molecule has 0 radical (unpaired) electrons. The Bertz CT molecular complexity index is 1480. The molecule has 0 bridgehead atoms. The fourth-order valence-electron chi connectivity index (χ4n) is 3.41. The van der Waals surface area contributed by atoms with Crippen molar-refractivity contribution in [1.29, 1.82) is 10.5 Å². The Morgan fingerprint density at radius 1 is 1.00 bits per heavy atom. The zero-order valence-corrected chi connectivity index (χ0v) is 20.4. The molecule has 5 nitrogen and oxygen atoms in total. The van der Waals surface area contributed by atoms with E-state index in [1.165, 1.54) is 15.9 Å². The van der Waals surface area contributed by atoms with Crippen LogP contribution in [-0.4, -0.2) is 4.57 Å². The second kappa shape index (κ2) is 8.38. The largest absolute Gasteiger partial charge is 0.384 e. The molecule has 0 aliphatic carbocycles. The van der Waals surface area contributed by atoms with Crippen LogP contribution in [0.4, 0.5) is 0 Å². The number of rotatable bonds is 2. The van der Waals surface area contributed by atoms with Crippen LogP contribution in [0.3, 0.4) is 0 Å². The first-order valence-corrected chi connectivity index (χ1v) is 11.7. The second-order valence-corrected chi connectivity index (χ2v) is 9.82. The van der Waals surface area contributed by atoms with E-state index in [1.54, 1.807) is 6.08 Å². The molecule has 1 aliphatic rings. The van der Waals surface area contributed by atoms with Crippen LogP contribution in [0.2, 0.25) is 0 Å². The maximum atomic E-state index is 13.2. The van der Waals surface area contributed by atoms with Crippen molar-refractivity contribution in [1.82, 2.24) is 4.57 Å². The van der Waals surface area contributed by atoms with E-state index in [4.69, 9.17) is 5.73 Å². The minimum atomic E-state index is -0.601. The molecule has 1 unspecified atom stereocenters. The van der Waals surface area contributed by atoms with Crippen LogP contribution in [0, 0.1) is 29.8 Å². The number of nitrogens with zero attached hydrogens (tertiary/aromatic N) is 3. The topological polar surface area (TPSA) is 95.6 Å². The van der Waals surface area contributed by atoms with Gasteiger partial charge < -0.3 is 5.73 Å². The number of aromatic nitrogens is 1. The van der Waals surface area contributed by atoms with Gasteiger partial charge in [0.1, 0.15) is 10.5 Å². The number of nitrogens with two attached hydrogens (primary N) is 1. The van der Waals surface area contributed by atoms with Crippen molar-refractivity contribution in [2.45, 2.75) is 5.92 Å². The van der Waals surface area contributed by atoms with Crippen molar-refractivity contribution in [3.05, 3.63) is 91.9 Å². The number of thiazole rings is 1. The van der Waals surface area contributed by atoms with E-state index in [0.717, 1.165) is 18.3 Å². The third kappa shape index (κ3) is 3.39. The summed E-state index contributed by atoms with van der Waals surface area (Å²) in [6.07, 6.45) is 1.80. The van der Waals surface area contributed by atoms with Gasteiger partial charge in [-0.05, 0) is 74.5 Å². The summed E-state index contributed by atoms with van der Waals surface area (Å²) in [5.41, 5.74) is 8.29. The number of halogens is 2. The van der Waals surface area contributed by atoms with Gasteiger partial charge in [-0.2, -0.15) is 10.5 Å². The highest BCUT2D eigenvalue weighted by Crippen LogP contribution is 2.37. The number of hydrogen-bond acceptors (Lipinski definition) is 5. The van der Waals surface area contributed by atoms with Crippen LogP contribution in [-0.2, 0) is 0 Å². The quantitative estimate of drug-likeness (QED) is 0.439. The zero-order chi connectivity index (χ0) is 21.4. The molecule has 1 aliphatic heterocycles. The van der Waals surface area contributed by atoms with E-state index in [2.05, 4.69) is 57.3 Å². The van der Waals surface area contributed by atoms with E-state index in [1.807, 2.05) is 48.5 Å². The van der Waals surface area contributed by atoms with E-state index in [0.29, 0.717) is 14.8 Å². The lowest BCUT2D eigenvalue weighted by Gasteiger charge is -2.23. The summed E-state index contributed by atoms with van der Waals surface area (Å²) in [4.78, 5) is 13.2. The average Bonchev–Trinajstić information content (AvgIpc) is 3.06. The van der Waals surface area contributed by atoms with Crippen LogP contribution in [0.25, 0.3) is 17.5 Å². The highest BCUT2D eigenvalue weighted by Gasteiger charge is 2.33. The Balaban J connectivity index is 2.10. The van der Waals surface area contributed by atoms with Gasteiger partial charge in [-0.3, -0.25) is 9.36 Å². The monoisotopic (exact) mass is 634 g/mol. The molecule has 2 heterocycles. The van der Waals surface area contributed by atoms with Crippen molar-refractivity contribution in [3.8, 4) is 12.1 Å². The first-order valence-electron chi connectivity index (χ1n) is 8.75. The van der Waals surface area contributed by atoms with Gasteiger partial charge >= 0.3 is 0 Å². The summed E-state index contributed by atoms with van der Waals surface area (Å²) < 4.78 is 4.17. The number of allylic oxidation sites excluding steroid dienone is 1. The van der Waals surface area contributed by atoms with Crippen molar-refractivity contribution in [2.75, 3.05) is 0 Å². The van der Waals surface area contributed by atoms with Crippen molar-refractivity contribution < 1.29 is 0 Å². The Kier molecular flexibility index (Phi) is 5.82. The van der Waals surface area contributed by atoms with Crippen LogP contribution < -0.4 is 20.5 Å². The number of nitriles is 2. The van der Waals surface area contributed by atoms with Gasteiger partial charge in [-0.1, -0.05) is 36.4 Å². The van der Waals surface area contributed by atoms with Gasteiger partial charge in [-0.25, -0.2) is 0 Å². The van der Waals surface area contributed by atoms with Crippen LogP contribution in [0.5, 0.6) is 0 Å². The van der Waals surface area contributed by atoms with Gasteiger partial charge in [-0.15, -0.1) is 11.3 Å². The number of hydrogen-bond donors (Lipinski definition) is 1. The highest BCUT2D eigenvalue weighted by atomic mass is 127. The molecule has 8 heteroatoms. The molecule has 1 atom stereocenters. The molecule has 146 valence electrons. The van der Waals surface area contributed by atoms with Crippen LogP contribution >= 0.6 is 56.5 Å². The summed E-state index contributed by atoms with van der Waals surface area (Å²) >= 11 is 5.62. The third-order valence-corrected chi connectivity index (χ3v) is 7.87. The van der Waals surface area contributed by atoms with E-state index in [-0.39, 0.29) is 17.0 Å². The Hall–Kier alpha value is -2.41. The van der Waals surface area contributed by atoms with Crippen molar-refractivity contribution in [3.63, 3.8) is 0 Å². The maximum Gasteiger partial charge on any atom is 0.274 e. The Morgan fingerprint density at radius 3 is 2.27 bits per heavy atom. The van der Waals surface area contributed by atoms with Crippen molar-refractivity contribution >= 4 is 74.0 Å². The molecule has 0 spiro atoms. The molecule has 30 heavy (non-hydrogen) atoms. The molecule has 2 aromatic carbocycles. The van der Waals surface area contributed by atoms with Gasteiger partial charge in [0.25, 0.3) is 5.56 Å². The smallest absolute Gasteiger partial charge is 0.274 e. The summed E-state index contributed by atoms with van der Waals surface area (Å²) in [6, 6.07) is 19.7. The molecule has 0 saturated heterocycles. The summed E-state index contributed by atoms with van der Waals surface area (Å²) in [5.74, 6) is -0.518. The van der Waals surface area contributed by atoms with Gasteiger partial charge in [0, 0.05) is 7.14 Å². The average molecular weight is 634 g/mol. The molecular formula is C22H12I2N4OS. The second-order valence-electron chi connectivity index (χ2n) is 6.47. The molecule has 0 amide bonds. The first-order chi connectivity index (χ1) is 14.5. The van der Waals surface area contributed by atoms with E-state index < -0.39 is 5.92 Å². The van der Waals surface area contributed by atoms with Crippen LogP contribution in [0.1, 0.15) is 17.0 Å². The third-order valence-electron chi connectivity index (χ3n) is 4.80. The maximum absolute atomic E-state index is 13.2. The predicted octanol–water partition coefficient (Wildman–Crippen LogP) is 3.07.